The zero-order valence-corrected chi connectivity index (χ0v) is 14.1. The van der Waals surface area contributed by atoms with Crippen molar-refractivity contribution in [2.45, 2.75) is 45.6 Å². The smallest absolute Gasteiger partial charge is 0.348 e. The molecule has 1 N–H and O–H groups in total. The minimum Gasteiger partial charge on any atom is -0.462 e. The standard InChI is InChI=1S/C16H27NO3S/c1-4-6-10-17(3)11-9-13(18)14-7-8-15(21-14)16(19)20-12-5-2/h7-8,13,18H,4-6,9-12H2,1-3H3. The van der Waals surface area contributed by atoms with E-state index < -0.39 is 6.10 Å². The highest BCUT2D eigenvalue weighted by atomic mass is 32.1. The molecule has 0 saturated carbocycles. The molecule has 0 saturated heterocycles. The first-order valence-corrected chi connectivity index (χ1v) is 8.53. The number of aliphatic hydroxyl groups excluding tert-OH is 1. The average molecular weight is 313 g/mol. The van der Waals surface area contributed by atoms with Crippen LogP contribution in [0.3, 0.4) is 0 Å². The van der Waals surface area contributed by atoms with E-state index in [9.17, 15) is 9.90 Å². The van der Waals surface area contributed by atoms with Gasteiger partial charge in [-0.05, 0) is 45.0 Å². The van der Waals surface area contributed by atoms with Crippen LogP contribution in [0.2, 0.25) is 0 Å². The summed E-state index contributed by atoms with van der Waals surface area (Å²) in [5.41, 5.74) is 0. The van der Waals surface area contributed by atoms with Crippen molar-refractivity contribution >= 4 is 17.3 Å². The molecule has 120 valence electrons. The fourth-order valence-corrected chi connectivity index (χ4v) is 2.85. The first-order valence-electron chi connectivity index (χ1n) is 7.71. The number of esters is 1. The summed E-state index contributed by atoms with van der Waals surface area (Å²) >= 11 is 1.33. The van der Waals surface area contributed by atoms with Crippen LogP contribution in [0.5, 0.6) is 0 Å². The van der Waals surface area contributed by atoms with Crippen LogP contribution in [0.4, 0.5) is 0 Å². The first-order chi connectivity index (χ1) is 10.1. The molecular formula is C16H27NO3S. The predicted octanol–water partition coefficient (Wildman–Crippen LogP) is 3.47. The van der Waals surface area contributed by atoms with Gasteiger partial charge in [-0.3, -0.25) is 0 Å². The normalized spacial score (nSPS) is 12.6. The van der Waals surface area contributed by atoms with E-state index >= 15 is 0 Å². The van der Waals surface area contributed by atoms with Crippen molar-refractivity contribution in [1.29, 1.82) is 0 Å². The number of carbonyl (C=O) groups is 1. The number of nitrogens with zero attached hydrogens (tertiary/aromatic N) is 1. The molecule has 1 heterocycles. The van der Waals surface area contributed by atoms with Crippen molar-refractivity contribution in [3.05, 3.63) is 21.9 Å². The summed E-state index contributed by atoms with van der Waals surface area (Å²) in [6.07, 6.45) is 3.35. The molecule has 4 nitrogen and oxygen atoms in total. The maximum absolute atomic E-state index is 11.7. The molecule has 1 aromatic rings. The Balaban J connectivity index is 2.42. The van der Waals surface area contributed by atoms with E-state index in [0.29, 0.717) is 17.9 Å². The molecule has 0 aliphatic heterocycles. The van der Waals surface area contributed by atoms with Gasteiger partial charge < -0.3 is 14.7 Å². The van der Waals surface area contributed by atoms with Gasteiger partial charge in [0.2, 0.25) is 0 Å². The number of hydrogen-bond donors (Lipinski definition) is 1. The van der Waals surface area contributed by atoms with Gasteiger partial charge in [-0.2, -0.15) is 0 Å². The van der Waals surface area contributed by atoms with E-state index in [-0.39, 0.29) is 5.97 Å². The molecule has 0 aliphatic rings. The molecule has 21 heavy (non-hydrogen) atoms. The van der Waals surface area contributed by atoms with Crippen LogP contribution in [0.1, 0.15) is 60.2 Å². The van der Waals surface area contributed by atoms with E-state index in [1.165, 1.54) is 24.2 Å². The lowest BCUT2D eigenvalue weighted by atomic mass is 10.2. The summed E-state index contributed by atoms with van der Waals surface area (Å²) in [4.78, 5) is 15.4. The second-order valence-corrected chi connectivity index (χ2v) is 6.41. The molecule has 1 aromatic heterocycles. The fourth-order valence-electron chi connectivity index (χ4n) is 1.93. The molecular weight excluding hydrogens is 286 g/mol. The van der Waals surface area contributed by atoms with E-state index in [2.05, 4.69) is 18.9 Å². The number of unbranched alkanes of at least 4 members (excludes halogenated alkanes) is 1. The van der Waals surface area contributed by atoms with Crippen LogP contribution >= 0.6 is 11.3 Å². The molecule has 0 fully saturated rings. The Bertz CT molecular complexity index is 419. The summed E-state index contributed by atoms with van der Waals surface area (Å²) in [7, 11) is 2.07. The highest BCUT2D eigenvalue weighted by Crippen LogP contribution is 2.26. The third kappa shape index (κ3) is 6.59. The van der Waals surface area contributed by atoms with E-state index in [1.54, 1.807) is 6.07 Å². The average Bonchev–Trinajstić information content (AvgIpc) is 2.98. The summed E-state index contributed by atoms with van der Waals surface area (Å²) in [6.45, 7) is 6.49. The van der Waals surface area contributed by atoms with Gasteiger partial charge in [0.1, 0.15) is 4.88 Å². The number of thiophene rings is 1. The summed E-state index contributed by atoms with van der Waals surface area (Å²) in [6, 6.07) is 3.56. The molecule has 0 aliphatic carbocycles. The Morgan fingerprint density at radius 3 is 2.76 bits per heavy atom. The van der Waals surface area contributed by atoms with Gasteiger partial charge in [-0.15, -0.1) is 11.3 Å². The molecule has 0 aromatic carbocycles. The lowest BCUT2D eigenvalue weighted by Gasteiger charge is -2.17. The van der Waals surface area contributed by atoms with E-state index in [1.807, 2.05) is 13.0 Å². The van der Waals surface area contributed by atoms with Crippen LogP contribution in [0, 0.1) is 0 Å². The van der Waals surface area contributed by atoms with Crippen LogP contribution in [0.15, 0.2) is 12.1 Å². The number of rotatable bonds is 10. The van der Waals surface area contributed by atoms with E-state index in [4.69, 9.17) is 4.74 Å². The SMILES string of the molecule is CCCCN(C)CCC(O)c1ccc(C(=O)OCCC)s1. The largest absolute Gasteiger partial charge is 0.462 e. The first kappa shape index (κ1) is 18.1. The van der Waals surface area contributed by atoms with Crippen molar-refractivity contribution in [2.24, 2.45) is 0 Å². The van der Waals surface area contributed by atoms with Crippen molar-refractivity contribution in [2.75, 3.05) is 26.7 Å². The molecule has 5 heteroatoms. The monoisotopic (exact) mass is 313 g/mol. The maximum Gasteiger partial charge on any atom is 0.348 e. The minimum atomic E-state index is -0.508. The van der Waals surface area contributed by atoms with Gasteiger partial charge in [0.05, 0.1) is 12.7 Å². The number of ether oxygens (including phenoxy) is 1. The lowest BCUT2D eigenvalue weighted by molar-refractivity contribution is 0.0511. The molecule has 0 radical (unpaired) electrons. The Hall–Kier alpha value is -0.910. The van der Waals surface area contributed by atoms with Gasteiger partial charge in [-0.25, -0.2) is 4.79 Å². The second-order valence-electron chi connectivity index (χ2n) is 5.30. The van der Waals surface area contributed by atoms with Crippen molar-refractivity contribution in [1.82, 2.24) is 4.90 Å². The topological polar surface area (TPSA) is 49.8 Å². The lowest BCUT2D eigenvalue weighted by Crippen LogP contribution is -2.22. The number of hydrogen-bond acceptors (Lipinski definition) is 5. The molecule has 0 spiro atoms. The highest BCUT2D eigenvalue weighted by molar-refractivity contribution is 7.14. The van der Waals surface area contributed by atoms with Crippen LogP contribution in [0.25, 0.3) is 0 Å². The maximum atomic E-state index is 11.7. The van der Waals surface area contributed by atoms with Gasteiger partial charge in [0, 0.05) is 11.4 Å². The summed E-state index contributed by atoms with van der Waals surface area (Å²) < 4.78 is 5.09. The second kappa shape index (κ2) is 9.92. The Labute approximate surface area is 131 Å². The van der Waals surface area contributed by atoms with Crippen LogP contribution in [-0.2, 0) is 4.74 Å². The summed E-state index contributed by atoms with van der Waals surface area (Å²) in [5.74, 6) is -0.291. The third-order valence-electron chi connectivity index (χ3n) is 3.27. The van der Waals surface area contributed by atoms with E-state index in [0.717, 1.165) is 24.4 Å². The fraction of sp³-hybridized carbons (Fsp3) is 0.688. The Kier molecular flexibility index (Phi) is 8.57. The van der Waals surface area contributed by atoms with Gasteiger partial charge in [0.15, 0.2) is 0 Å². The molecule has 1 unspecified atom stereocenters. The minimum absolute atomic E-state index is 0.291. The van der Waals surface area contributed by atoms with Crippen molar-refractivity contribution < 1.29 is 14.6 Å². The summed E-state index contributed by atoms with van der Waals surface area (Å²) in [5, 5.41) is 10.2. The predicted molar refractivity (Wildman–Crippen MR) is 86.9 cm³/mol. The molecule has 1 rings (SSSR count). The van der Waals surface area contributed by atoms with Crippen LogP contribution in [-0.4, -0.2) is 42.7 Å². The number of carbonyl (C=O) groups excluding carboxylic acids is 1. The quantitative estimate of drug-likeness (QED) is 0.672. The highest BCUT2D eigenvalue weighted by Gasteiger charge is 2.15. The Morgan fingerprint density at radius 2 is 2.10 bits per heavy atom. The number of aliphatic hydroxyl groups is 1. The Morgan fingerprint density at radius 1 is 1.33 bits per heavy atom. The molecule has 0 amide bonds. The zero-order valence-electron chi connectivity index (χ0n) is 13.3. The van der Waals surface area contributed by atoms with Gasteiger partial charge >= 0.3 is 5.97 Å². The van der Waals surface area contributed by atoms with Crippen molar-refractivity contribution in [3.8, 4) is 0 Å². The molecule has 1 atom stereocenters. The van der Waals surface area contributed by atoms with Gasteiger partial charge in [-0.1, -0.05) is 20.3 Å². The third-order valence-corrected chi connectivity index (χ3v) is 4.44. The van der Waals surface area contributed by atoms with Crippen LogP contribution < -0.4 is 0 Å². The molecule has 0 bridgehead atoms. The van der Waals surface area contributed by atoms with Crippen molar-refractivity contribution in [3.63, 3.8) is 0 Å². The zero-order chi connectivity index (χ0) is 15.7. The van der Waals surface area contributed by atoms with Gasteiger partial charge in [0.25, 0.3) is 0 Å².